The van der Waals surface area contributed by atoms with Gasteiger partial charge in [0.2, 0.25) is 0 Å². The molecule has 0 aliphatic heterocycles. The van der Waals surface area contributed by atoms with Gasteiger partial charge in [0.05, 0.1) is 11.3 Å². The number of hydrogen-bond donors (Lipinski definition) is 0. The van der Waals surface area contributed by atoms with Crippen LogP contribution in [-0.4, -0.2) is 5.97 Å². The van der Waals surface area contributed by atoms with E-state index in [0.29, 0.717) is 10.6 Å². The smallest absolute Gasteiger partial charge is 0.0994 e. The molecule has 0 aliphatic rings. The maximum Gasteiger partial charge on any atom is 0.0994 e. The van der Waals surface area contributed by atoms with E-state index < -0.39 is 11.3 Å². The molecule has 12 heavy (non-hydrogen) atoms. The van der Waals surface area contributed by atoms with Crippen molar-refractivity contribution in [2.45, 2.75) is 5.38 Å². The average Bonchev–Trinajstić information content (AvgIpc) is 2.04. The van der Waals surface area contributed by atoms with Crippen LogP contribution in [0.2, 0.25) is 5.02 Å². The number of rotatable bonds is 2. The molecular formula is C8H5Cl2O2-. The van der Waals surface area contributed by atoms with Gasteiger partial charge in [-0.15, -0.1) is 11.6 Å². The third kappa shape index (κ3) is 1.90. The van der Waals surface area contributed by atoms with Crippen LogP contribution in [0.25, 0.3) is 0 Å². The first-order chi connectivity index (χ1) is 5.63. The van der Waals surface area contributed by atoms with Crippen molar-refractivity contribution >= 4 is 29.2 Å². The van der Waals surface area contributed by atoms with Gasteiger partial charge in [-0.25, -0.2) is 0 Å². The Hall–Kier alpha value is -0.730. The number of aliphatic carboxylic acids is 1. The molecule has 1 aromatic carbocycles. The van der Waals surface area contributed by atoms with Gasteiger partial charge in [0, 0.05) is 5.02 Å². The molecule has 0 saturated carbocycles. The molecule has 1 rings (SSSR count). The SMILES string of the molecule is O=C([O-])[C@@H](Cl)c1ccccc1Cl. The first kappa shape index (κ1) is 9.36. The molecule has 0 spiro atoms. The molecule has 1 aromatic rings. The number of carboxylic acids is 1. The zero-order valence-corrected chi connectivity index (χ0v) is 7.47. The zero-order chi connectivity index (χ0) is 9.14. The molecule has 0 radical (unpaired) electrons. The summed E-state index contributed by atoms with van der Waals surface area (Å²) in [6, 6.07) is 6.50. The highest BCUT2D eigenvalue weighted by Gasteiger charge is 2.11. The van der Waals surface area contributed by atoms with Gasteiger partial charge < -0.3 is 9.90 Å². The van der Waals surface area contributed by atoms with E-state index in [2.05, 4.69) is 0 Å². The van der Waals surface area contributed by atoms with Crippen molar-refractivity contribution in [2.24, 2.45) is 0 Å². The third-order valence-corrected chi connectivity index (χ3v) is 2.14. The minimum absolute atomic E-state index is 0.335. The minimum Gasteiger partial charge on any atom is -0.548 e. The van der Waals surface area contributed by atoms with Crippen LogP contribution in [0.15, 0.2) is 24.3 Å². The summed E-state index contributed by atoms with van der Waals surface area (Å²) in [5, 5.41) is 9.50. The van der Waals surface area contributed by atoms with Crippen LogP contribution in [0.3, 0.4) is 0 Å². The van der Waals surface area contributed by atoms with E-state index in [0.717, 1.165) is 0 Å². The van der Waals surface area contributed by atoms with Gasteiger partial charge in [-0.1, -0.05) is 29.8 Å². The van der Waals surface area contributed by atoms with Gasteiger partial charge in [0.15, 0.2) is 0 Å². The number of carboxylic acid groups (broad SMARTS) is 1. The van der Waals surface area contributed by atoms with Gasteiger partial charge in [0.1, 0.15) is 0 Å². The number of carbonyl (C=O) groups is 1. The first-order valence-electron chi connectivity index (χ1n) is 3.22. The Morgan fingerprint density at radius 3 is 2.50 bits per heavy atom. The summed E-state index contributed by atoms with van der Waals surface area (Å²) in [7, 11) is 0. The van der Waals surface area contributed by atoms with Crippen LogP contribution in [0.4, 0.5) is 0 Å². The molecule has 0 N–H and O–H groups in total. The van der Waals surface area contributed by atoms with Crippen molar-refractivity contribution in [2.75, 3.05) is 0 Å². The average molecular weight is 204 g/mol. The molecule has 0 aliphatic carbocycles. The molecule has 4 heteroatoms. The fourth-order valence-electron chi connectivity index (χ4n) is 0.808. The van der Waals surface area contributed by atoms with Gasteiger partial charge >= 0.3 is 0 Å². The Bertz CT molecular complexity index is 299. The van der Waals surface area contributed by atoms with Crippen LogP contribution in [0.1, 0.15) is 10.9 Å². The summed E-state index contributed by atoms with van der Waals surface area (Å²) in [6.45, 7) is 0. The first-order valence-corrected chi connectivity index (χ1v) is 4.03. The predicted octanol–water partition coefficient (Wildman–Crippen LogP) is 1.37. The molecule has 0 heterocycles. The van der Waals surface area contributed by atoms with Crippen LogP contribution in [0.5, 0.6) is 0 Å². The van der Waals surface area contributed by atoms with Crippen molar-refractivity contribution < 1.29 is 9.90 Å². The monoisotopic (exact) mass is 203 g/mol. The molecular weight excluding hydrogens is 199 g/mol. The van der Waals surface area contributed by atoms with Crippen LogP contribution < -0.4 is 5.11 Å². The summed E-state index contributed by atoms with van der Waals surface area (Å²) in [5.74, 6) is -1.34. The van der Waals surface area contributed by atoms with E-state index in [9.17, 15) is 9.90 Å². The van der Waals surface area contributed by atoms with Crippen molar-refractivity contribution in [3.63, 3.8) is 0 Å². The molecule has 2 nitrogen and oxygen atoms in total. The summed E-state index contributed by atoms with van der Waals surface area (Å²) in [6.07, 6.45) is 0. The van der Waals surface area contributed by atoms with Crippen LogP contribution in [-0.2, 0) is 4.79 Å². The van der Waals surface area contributed by atoms with E-state index >= 15 is 0 Å². The molecule has 64 valence electrons. The lowest BCUT2D eigenvalue weighted by Crippen LogP contribution is -2.26. The van der Waals surface area contributed by atoms with E-state index in [-0.39, 0.29) is 0 Å². The maximum absolute atomic E-state index is 10.4. The Balaban J connectivity index is 3.02. The molecule has 0 amide bonds. The Morgan fingerprint density at radius 1 is 1.42 bits per heavy atom. The van der Waals surface area contributed by atoms with Crippen LogP contribution >= 0.6 is 23.2 Å². The standard InChI is InChI=1S/C8H6Cl2O2/c9-6-4-2-1-3-5(6)7(10)8(11)12/h1-4,7H,(H,11,12)/p-1/t7-/m0/s1. The fraction of sp³-hybridized carbons (Fsp3) is 0.125. The normalized spacial score (nSPS) is 12.5. The molecule has 0 bridgehead atoms. The molecule has 0 aromatic heterocycles. The summed E-state index contributed by atoms with van der Waals surface area (Å²) < 4.78 is 0. The highest BCUT2D eigenvalue weighted by Crippen LogP contribution is 2.26. The van der Waals surface area contributed by atoms with Gasteiger partial charge in [0.25, 0.3) is 0 Å². The fourth-order valence-corrected chi connectivity index (χ4v) is 1.30. The lowest BCUT2D eigenvalue weighted by Gasteiger charge is -2.11. The number of hydrogen-bond acceptors (Lipinski definition) is 2. The Kier molecular flexibility index (Phi) is 2.95. The largest absolute Gasteiger partial charge is 0.548 e. The lowest BCUT2D eigenvalue weighted by atomic mass is 10.1. The second-order valence-electron chi connectivity index (χ2n) is 2.20. The number of halogens is 2. The molecule has 0 unspecified atom stereocenters. The molecule has 0 saturated heterocycles. The lowest BCUT2D eigenvalue weighted by molar-refractivity contribution is -0.305. The second kappa shape index (κ2) is 3.78. The third-order valence-electron chi connectivity index (χ3n) is 1.39. The van der Waals surface area contributed by atoms with Gasteiger partial charge in [-0.2, -0.15) is 0 Å². The summed E-state index contributed by atoms with van der Waals surface area (Å²) >= 11 is 11.2. The quantitative estimate of drug-likeness (QED) is 0.682. The summed E-state index contributed by atoms with van der Waals surface area (Å²) in [4.78, 5) is 10.4. The van der Waals surface area contributed by atoms with Crippen LogP contribution in [0, 0.1) is 0 Å². The van der Waals surface area contributed by atoms with Gasteiger partial charge in [-0.05, 0) is 11.6 Å². The zero-order valence-electron chi connectivity index (χ0n) is 5.96. The number of alkyl halides is 1. The van der Waals surface area contributed by atoms with Crippen molar-refractivity contribution in [1.82, 2.24) is 0 Å². The van der Waals surface area contributed by atoms with Crippen molar-refractivity contribution in [1.29, 1.82) is 0 Å². The topological polar surface area (TPSA) is 40.1 Å². The second-order valence-corrected chi connectivity index (χ2v) is 3.05. The van der Waals surface area contributed by atoms with E-state index in [1.165, 1.54) is 0 Å². The Morgan fingerprint density at radius 2 is 2.00 bits per heavy atom. The minimum atomic E-state index is -1.34. The maximum atomic E-state index is 10.4. The number of benzene rings is 1. The van der Waals surface area contributed by atoms with Crippen molar-refractivity contribution in [3.8, 4) is 0 Å². The highest BCUT2D eigenvalue weighted by molar-refractivity contribution is 6.35. The van der Waals surface area contributed by atoms with Crippen molar-refractivity contribution in [3.05, 3.63) is 34.9 Å². The molecule has 0 fully saturated rings. The van der Waals surface area contributed by atoms with E-state index in [1.807, 2.05) is 0 Å². The molecule has 1 atom stereocenters. The number of carbonyl (C=O) groups excluding carboxylic acids is 1. The predicted molar refractivity (Wildman–Crippen MR) is 45.1 cm³/mol. The Labute approximate surface area is 79.7 Å². The van der Waals surface area contributed by atoms with Gasteiger partial charge in [-0.3, -0.25) is 0 Å². The summed E-state index contributed by atoms with van der Waals surface area (Å²) in [5.41, 5.74) is 0.362. The van der Waals surface area contributed by atoms with E-state index in [4.69, 9.17) is 23.2 Å². The van der Waals surface area contributed by atoms with E-state index in [1.54, 1.807) is 24.3 Å². The highest BCUT2D eigenvalue weighted by atomic mass is 35.5.